The van der Waals surface area contributed by atoms with E-state index in [1.54, 1.807) is 29.2 Å². The second-order valence-corrected chi connectivity index (χ2v) is 6.75. The first-order valence-electron chi connectivity index (χ1n) is 8.76. The first-order chi connectivity index (χ1) is 12.9. The summed E-state index contributed by atoms with van der Waals surface area (Å²) >= 11 is 0. The molecule has 27 heavy (non-hydrogen) atoms. The Morgan fingerprint density at radius 3 is 2.48 bits per heavy atom. The summed E-state index contributed by atoms with van der Waals surface area (Å²) in [6, 6.07) is 12.4. The molecule has 1 aliphatic heterocycles. The smallest absolute Gasteiger partial charge is 0.337 e. The van der Waals surface area contributed by atoms with Crippen molar-refractivity contribution in [3.63, 3.8) is 0 Å². The van der Waals surface area contributed by atoms with Gasteiger partial charge >= 0.3 is 5.97 Å². The van der Waals surface area contributed by atoms with Gasteiger partial charge in [0.15, 0.2) is 0 Å². The van der Waals surface area contributed by atoms with Gasteiger partial charge in [0.2, 0.25) is 11.8 Å². The molecule has 0 spiro atoms. The normalized spacial score (nSPS) is 16.3. The average molecular weight is 366 g/mol. The SMILES string of the molecule is COC(=O)c1ccc(NC(=O)[C@@H]2CC(=O)N(c3cc(C)ccc3C)C2)cc1. The number of anilines is 2. The van der Waals surface area contributed by atoms with Crippen LogP contribution in [0.3, 0.4) is 0 Å². The van der Waals surface area contributed by atoms with Crippen molar-refractivity contribution < 1.29 is 19.1 Å². The van der Waals surface area contributed by atoms with Crippen molar-refractivity contribution in [3.8, 4) is 0 Å². The van der Waals surface area contributed by atoms with E-state index in [9.17, 15) is 14.4 Å². The zero-order chi connectivity index (χ0) is 19.6. The Kier molecular flexibility index (Phi) is 5.26. The molecule has 2 amide bonds. The van der Waals surface area contributed by atoms with Crippen LogP contribution in [0.25, 0.3) is 0 Å². The van der Waals surface area contributed by atoms with Crippen molar-refractivity contribution in [1.82, 2.24) is 0 Å². The fraction of sp³-hybridized carbons (Fsp3) is 0.286. The van der Waals surface area contributed by atoms with Gasteiger partial charge in [0.1, 0.15) is 0 Å². The minimum atomic E-state index is -0.432. The third-order valence-corrected chi connectivity index (χ3v) is 4.72. The Bertz CT molecular complexity index is 890. The molecule has 3 rings (SSSR count). The second-order valence-electron chi connectivity index (χ2n) is 6.75. The molecule has 0 unspecified atom stereocenters. The molecule has 2 aromatic rings. The number of nitrogens with zero attached hydrogens (tertiary/aromatic N) is 1. The maximum atomic E-state index is 12.6. The summed E-state index contributed by atoms with van der Waals surface area (Å²) in [4.78, 5) is 38.2. The molecule has 0 radical (unpaired) electrons. The van der Waals surface area contributed by atoms with Crippen LogP contribution in [0.15, 0.2) is 42.5 Å². The van der Waals surface area contributed by atoms with Gasteiger partial charge < -0.3 is 15.0 Å². The maximum Gasteiger partial charge on any atom is 0.337 e. The van der Waals surface area contributed by atoms with E-state index in [0.29, 0.717) is 17.8 Å². The van der Waals surface area contributed by atoms with Crippen molar-refractivity contribution in [3.05, 3.63) is 59.2 Å². The number of carbonyl (C=O) groups excluding carboxylic acids is 3. The van der Waals surface area contributed by atoms with Crippen LogP contribution < -0.4 is 10.2 Å². The van der Waals surface area contributed by atoms with E-state index in [1.165, 1.54) is 7.11 Å². The van der Waals surface area contributed by atoms with Crippen LogP contribution in [-0.2, 0) is 14.3 Å². The van der Waals surface area contributed by atoms with E-state index in [4.69, 9.17) is 0 Å². The zero-order valence-electron chi connectivity index (χ0n) is 15.6. The number of aryl methyl sites for hydroxylation is 2. The Balaban J connectivity index is 1.69. The van der Waals surface area contributed by atoms with Gasteiger partial charge in [0.25, 0.3) is 0 Å². The van der Waals surface area contributed by atoms with Crippen LogP contribution in [-0.4, -0.2) is 31.4 Å². The van der Waals surface area contributed by atoms with Gasteiger partial charge in [-0.25, -0.2) is 4.79 Å². The van der Waals surface area contributed by atoms with E-state index in [-0.39, 0.29) is 18.2 Å². The molecular formula is C21H22N2O4. The number of nitrogens with one attached hydrogen (secondary N) is 1. The summed E-state index contributed by atoms with van der Waals surface area (Å²) in [5.74, 6) is -1.11. The van der Waals surface area contributed by atoms with Crippen molar-refractivity contribution in [2.75, 3.05) is 23.9 Å². The molecule has 6 nitrogen and oxygen atoms in total. The van der Waals surface area contributed by atoms with Crippen LogP contribution >= 0.6 is 0 Å². The molecule has 140 valence electrons. The van der Waals surface area contributed by atoms with Gasteiger partial charge in [-0.3, -0.25) is 9.59 Å². The summed E-state index contributed by atoms with van der Waals surface area (Å²) in [6.45, 7) is 4.29. The van der Waals surface area contributed by atoms with E-state index < -0.39 is 11.9 Å². The number of benzene rings is 2. The van der Waals surface area contributed by atoms with Crippen LogP contribution in [0.2, 0.25) is 0 Å². The van der Waals surface area contributed by atoms with Gasteiger partial charge in [-0.15, -0.1) is 0 Å². The number of hydrogen-bond acceptors (Lipinski definition) is 4. The molecule has 0 bridgehead atoms. The molecule has 6 heteroatoms. The lowest BCUT2D eigenvalue weighted by Crippen LogP contribution is -2.28. The molecule has 0 saturated carbocycles. The first-order valence-corrected chi connectivity index (χ1v) is 8.76. The molecule has 1 atom stereocenters. The van der Waals surface area contributed by atoms with E-state index in [2.05, 4.69) is 10.1 Å². The molecule has 1 N–H and O–H groups in total. The third-order valence-electron chi connectivity index (χ3n) is 4.72. The minimum Gasteiger partial charge on any atom is -0.465 e. The van der Waals surface area contributed by atoms with Gasteiger partial charge in [-0.05, 0) is 55.3 Å². The number of esters is 1. The van der Waals surface area contributed by atoms with Gasteiger partial charge in [0, 0.05) is 24.3 Å². The number of carbonyl (C=O) groups is 3. The summed E-state index contributed by atoms with van der Waals surface area (Å²) in [6.07, 6.45) is 0.180. The van der Waals surface area contributed by atoms with Crippen LogP contribution in [0.5, 0.6) is 0 Å². The highest BCUT2D eigenvalue weighted by molar-refractivity contribution is 6.04. The Hall–Kier alpha value is -3.15. The standard InChI is InChI=1S/C21H22N2O4/c1-13-4-5-14(2)18(10-13)23-12-16(11-19(23)24)20(25)22-17-8-6-15(7-9-17)21(26)27-3/h4-10,16H,11-12H2,1-3H3,(H,22,25)/t16-/m1/s1. The molecule has 1 saturated heterocycles. The van der Waals surface area contributed by atoms with Crippen molar-refractivity contribution >= 4 is 29.2 Å². The van der Waals surface area contributed by atoms with Crippen LogP contribution in [0.1, 0.15) is 27.9 Å². The zero-order valence-corrected chi connectivity index (χ0v) is 15.6. The predicted octanol–water partition coefficient (Wildman–Crippen LogP) is 3.08. The fourth-order valence-corrected chi connectivity index (χ4v) is 3.18. The fourth-order valence-electron chi connectivity index (χ4n) is 3.18. The van der Waals surface area contributed by atoms with Crippen molar-refractivity contribution in [1.29, 1.82) is 0 Å². The van der Waals surface area contributed by atoms with Gasteiger partial charge in [-0.2, -0.15) is 0 Å². The molecule has 2 aromatic carbocycles. The first kappa shape index (κ1) is 18.6. The molecule has 0 aromatic heterocycles. The van der Waals surface area contributed by atoms with Crippen molar-refractivity contribution in [2.24, 2.45) is 5.92 Å². The highest BCUT2D eigenvalue weighted by Crippen LogP contribution is 2.29. The van der Waals surface area contributed by atoms with Crippen molar-refractivity contribution in [2.45, 2.75) is 20.3 Å². The third kappa shape index (κ3) is 4.00. The van der Waals surface area contributed by atoms with Crippen LogP contribution in [0, 0.1) is 19.8 Å². The largest absolute Gasteiger partial charge is 0.465 e. The summed E-state index contributed by atoms with van der Waals surface area (Å²) in [7, 11) is 1.32. The van der Waals surface area contributed by atoms with Crippen LogP contribution in [0.4, 0.5) is 11.4 Å². The topological polar surface area (TPSA) is 75.7 Å². The molecule has 1 fully saturated rings. The summed E-state index contributed by atoms with van der Waals surface area (Å²) in [5, 5.41) is 2.82. The Morgan fingerprint density at radius 2 is 1.81 bits per heavy atom. The summed E-state index contributed by atoms with van der Waals surface area (Å²) < 4.78 is 4.65. The molecule has 1 aliphatic rings. The quantitative estimate of drug-likeness (QED) is 0.844. The Labute approximate surface area is 158 Å². The number of ether oxygens (including phenoxy) is 1. The van der Waals surface area contributed by atoms with Gasteiger partial charge in [-0.1, -0.05) is 12.1 Å². The Morgan fingerprint density at radius 1 is 1.11 bits per heavy atom. The molecule has 1 heterocycles. The maximum absolute atomic E-state index is 12.6. The number of methoxy groups -OCH3 is 1. The van der Waals surface area contributed by atoms with E-state index in [1.807, 2.05) is 32.0 Å². The number of hydrogen-bond donors (Lipinski definition) is 1. The monoisotopic (exact) mass is 366 g/mol. The number of rotatable bonds is 4. The minimum absolute atomic E-state index is 0.0510. The van der Waals surface area contributed by atoms with Gasteiger partial charge in [0.05, 0.1) is 18.6 Å². The lowest BCUT2D eigenvalue weighted by atomic mass is 10.1. The highest BCUT2D eigenvalue weighted by Gasteiger charge is 2.35. The average Bonchev–Trinajstić information content (AvgIpc) is 3.05. The predicted molar refractivity (Wildman–Crippen MR) is 103 cm³/mol. The number of amides is 2. The summed E-state index contributed by atoms with van der Waals surface area (Å²) in [5.41, 5.74) is 3.92. The lowest BCUT2D eigenvalue weighted by Gasteiger charge is -2.19. The lowest BCUT2D eigenvalue weighted by molar-refractivity contribution is -0.122. The van der Waals surface area contributed by atoms with E-state index in [0.717, 1.165) is 16.8 Å². The van der Waals surface area contributed by atoms with E-state index >= 15 is 0 Å². The second kappa shape index (κ2) is 7.61. The molecular weight excluding hydrogens is 344 g/mol. The molecule has 0 aliphatic carbocycles. The highest BCUT2D eigenvalue weighted by atomic mass is 16.5.